The van der Waals surface area contributed by atoms with E-state index in [1.807, 2.05) is 36.6 Å². The third-order valence-corrected chi connectivity index (χ3v) is 2.46. The van der Waals surface area contributed by atoms with Crippen LogP contribution in [0.3, 0.4) is 0 Å². The number of carboxylic acid groups (broad SMARTS) is 1. The van der Waals surface area contributed by atoms with Gasteiger partial charge in [0.1, 0.15) is 5.82 Å². The van der Waals surface area contributed by atoms with Gasteiger partial charge in [-0.3, -0.25) is 0 Å². The van der Waals surface area contributed by atoms with E-state index >= 15 is 0 Å². The Hall–Kier alpha value is -1.84. The molecular formula is C11H12N2O2. The van der Waals surface area contributed by atoms with Gasteiger partial charge < -0.3 is 9.51 Å². The summed E-state index contributed by atoms with van der Waals surface area (Å²) in [6, 6.07) is 3.79. The highest BCUT2D eigenvalue weighted by molar-refractivity contribution is 5.94. The van der Waals surface area contributed by atoms with Crippen LogP contribution < -0.4 is 0 Å². The fourth-order valence-corrected chi connectivity index (χ4v) is 1.77. The molecule has 0 aliphatic carbocycles. The first-order valence-electron chi connectivity index (χ1n) is 4.85. The molecule has 1 N–H and O–H groups in total. The van der Waals surface area contributed by atoms with E-state index in [4.69, 9.17) is 5.11 Å². The number of pyridine rings is 1. The molecule has 2 rings (SSSR count). The topological polar surface area (TPSA) is 54.6 Å². The molecule has 0 aliphatic rings. The minimum absolute atomic E-state index is 0.143. The van der Waals surface area contributed by atoms with E-state index in [-0.39, 0.29) is 5.69 Å². The van der Waals surface area contributed by atoms with Crippen molar-refractivity contribution in [3.05, 3.63) is 35.4 Å². The van der Waals surface area contributed by atoms with Gasteiger partial charge in [-0.25, -0.2) is 9.78 Å². The molecule has 0 radical (unpaired) electrons. The highest BCUT2D eigenvalue weighted by atomic mass is 16.4. The van der Waals surface area contributed by atoms with E-state index in [1.165, 1.54) is 0 Å². The summed E-state index contributed by atoms with van der Waals surface area (Å²) in [4.78, 5) is 15.2. The third-order valence-electron chi connectivity index (χ3n) is 2.46. The van der Waals surface area contributed by atoms with Crippen LogP contribution in [0.4, 0.5) is 0 Å². The first kappa shape index (κ1) is 9.71. The normalized spacial score (nSPS) is 10.8. The van der Waals surface area contributed by atoms with Crippen LogP contribution in [0.5, 0.6) is 0 Å². The minimum Gasteiger partial charge on any atom is -0.476 e. The Labute approximate surface area is 87.2 Å². The van der Waals surface area contributed by atoms with E-state index in [1.54, 1.807) is 0 Å². The fourth-order valence-electron chi connectivity index (χ4n) is 1.77. The number of hydrogen-bond acceptors (Lipinski definition) is 2. The lowest BCUT2D eigenvalue weighted by Gasteiger charge is -2.00. The summed E-state index contributed by atoms with van der Waals surface area (Å²) in [5.74, 6) is -0.187. The van der Waals surface area contributed by atoms with Gasteiger partial charge in [0.15, 0.2) is 5.69 Å². The summed E-state index contributed by atoms with van der Waals surface area (Å²) in [6.07, 6.45) is 2.57. The van der Waals surface area contributed by atoms with Crippen molar-refractivity contribution >= 4 is 11.5 Å². The second kappa shape index (κ2) is 3.38. The van der Waals surface area contributed by atoms with E-state index in [0.29, 0.717) is 5.52 Å². The molecule has 2 aromatic heterocycles. The monoisotopic (exact) mass is 204 g/mol. The molecule has 4 heteroatoms. The Balaban J connectivity index is 2.88. The van der Waals surface area contributed by atoms with Crippen LogP contribution in [0.2, 0.25) is 0 Å². The second-order valence-electron chi connectivity index (χ2n) is 3.45. The predicted octanol–water partition coefficient (Wildman–Crippen LogP) is 1.90. The SMILES string of the molecule is CCc1nc(C(=O)O)c2c(C)cccn12. The predicted molar refractivity (Wildman–Crippen MR) is 56.3 cm³/mol. The maximum atomic E-state index is 11.0. The van der Waals surface area contributed by atoms with Gasteiger partial charge in [0, 0.05) is 12.6 Å². The minimum atomic E-state index is -0.971. The molecule has 0 bridgehead atoms. The van der Waals surface area contributed by atoms with Crippen molar-refractivity contribution in [1.82, 2.24) is 9.38 Å². The molecule has 2 aromatic rings. The Morgan fingerprint density at radius 2 is 2.33 bits per heavy atom. The molecule has 0 fully saturated rings. The first-order valence-corrected chi connectivity index (χ1v) is 4.85. The van der Waals surface area contributed by atoms with Gasteiger partial charge in [0.05, 0.1) is 5.52 Å². The molecule has 0 atom stereocenters. The van der Waals surface area contributed by atoms with Gasteiger partial charge >= 0.3 is 5.97 Å². The number of hydrogen-bond donors (Lipinski definition) is 1. The molecule has 78 valence electrons. The molecule has 0 saturated heterocycles. The van der Waals surface area contributed by atoms with Crippen molar-refractivity contribution in [2.24, 2.45) is 0 Å². The number of fused-ring (bicyclic) bond motifs is 1. The summed E-state index contributed by atoms with van der Waals surface area (Å²) >= 11 is 0. The summed E-state index contributed by atoms with van der Waals surface area (Å²) in [6.45, 7) is 3.85. The van der Waals surface area contributed by atoms with Crippen LogP contribution in [-0.4, -0.2) is 20.5 Å². The van der Waals surface area contributed by atoms with Crippen molar-refractivity contribution < 1.29 is 9.90 Å². The molecule has 0 saturated carbocycles. The van der Waals surface area contributed by atoms with Gasteiger partial charge in [-0.1, -0.05) is 13.0 Å². The average molecular weight is 204 g/mol. The zero-order valence-corrected chi connectivity index (χ0v) is 8.69. The van der Waals surface area contributed by atoms with Gasteiger partial charge in [-0.05, 0) is 18.6 Å². The third kappa shape index (κ3) is 1.38. The molecular weight excluding hydrogens is 192 g/mol. The molecule has 2 heterocycles. The molecule has 0 aromatic carbocycles. The first-order chi connectivity index (χ1) is 7.15. The summed E-state index contributed by atoms with van der Waals surface area (Å²) in [5.41, 5.74) is 1.77. The summed E-state index contributed by atoms with van der Waals surface area (Å²) < 4.78 is 1.85. The van der Waals surface area contributed by atoms with Crippen LogP contribution in [0, 0.1) is 6.92 Å². The Morgan fingerprint density at radius 1 is 1.60 bits per heavy atom. The quantitative estimate of drug-likeness (QED) is 0.812. The van der Waals surface area contributed by atoms with Gasteiger partial charge in [0.25, 0.3) is 0 Å². The molecule has 0 amide bonds. The Kier molecular flexibility index (Phi) is 2.19. The zero-order chi connectivity index (χ0) is 11.0. The molecule has 0 unspecified atom stereocenters. The smallest absolute Gasteiger partial charge is 0.356 e. The second-order valence-corrected chi connectivity index (χ2v) is 3.45. The number of aryl methyl sites for hydroxylation is 2. The van der Waals surface area contributed by atoms with Crippen LogP contribution in [-0.2, 0) is 6.42 Å². The largest absolute Gasteiger partial charge is 0.476 e. The maximum absolute atomic E-state index is 11.0. The van der Waals surface area contributed by atoms with E-state index in [2.05, 4.69) is 4.98 Å². The van der Waals surface area contributed by atoms with Crippen LogP contribution in [0.15, 0.2) is 18.3 Å². The molecule has 0 aliphatic heterocycles. The van der Waals surface area contributed by atoms with E-state index in [0.717, 1.165) is 17.8 Å². The highest BCUT2D eigenvalue weighted by Gasteiger charge is 2.16. The van der Waals surface area contributed by atoms with Gasteiger partial charge in [0.2, 0.25) is 0 Å². The van der Waals surface area contributed by atoms with Gasteiger partial charge in [-0.15, -0.1) is 0 Å². The van der Waals surface area contributed by atoms with Crippen molar-refractivity contribution in [1.29, 1.82) is 0 Å². The number of imidazole rings is 1. The number of carbonyl (C=O) groups is 1. The van der Waals surface area contributed by atoms with Crippen molar-refractivity contribution in [3.8, 4) is 0 Å². The van der Waals surface area contributed by atoms with Gasteiger partial charge in [-0.2, -0.15) is 0 Å². The maximum Gasteiger partial charge on any atom is 0.356 e. The highest BCUT2D eigenvalue weighted by Crippen LogP contribution is 2.17. The van der Waals surface area contributed by atoms with E-state index in [9.17, 15) is 4.79 Å². The van der Waals surface area contributed by atoms with Crippen molar-refractivity contribution in [3.63, 3.8) is 0 Å². The lowest BCUT2D eigenvalue weighted by atomic mass is 10.2. The van der Waals surface area contributed by atoms with E-state index < -0.39 is 5.97 Å². The van der Waals surface area contributed by atoms with Crippen LogP contribution in [0.25, 0.3) is 5.52 Å². The Bertz CT molecular complexity index is 529. The lowest BCUT2D eigenvalue weighted by molar-refractivity contribution is 0.0693. The summed E-state index contributed by atoms with van der Waals surface area (Å²) in [5, 5.41) is 9.04. The van der Waals surface area contributed by atoms with Crippen LogP contribution in [0.1, 0.15) is 28.8 Å². The molecule has 0 spiro atoms. The zero-order valence-electron chi connectivity index (χ0n) is 8.69. The standard InChI is InChI=1S/C11H12N2O2/c1-3-8-12-9(11(14)15)10-7(2)5-4-6-13(8)10/h4-6H,3H2,1-2H3,(H,14,15). The molecule has 15 heavy (non-hydrogen) atoms. The van der Waals surface area contributed by atoms with Crippen molar-refractivity contribution in [2.45, 2.75) is 20.3 Å². The number of rotatable bonds is 2. The number of carboxylic acids is 1. The number of nitrogens with zero attached hydrogens (tertiary/aromatic N) is 2. The van der Waals surface area contributed by atoms with Crippen LogP contribution >= 0.6 is 0 Å². The lowest BCUT2D eigenvalue weighted by Crippen LogP contribution is -1.98. The average Bonchev–Trinajstić information content (AvgIpc) is 2.58. The Morgan fingerprint density at radius 3 is 2.93 bits per heavy atom. The molecule has 4 nitrogen and oxygen atoms in total. The summed E-state index contributed by atoms with van der Waals surface area (Å²) in [7, 11) is 0. The van der Waals surface area contributed by atoms with Crippen molar-refractivity contribution in [2.75, 3.05) is 0 Å². The number of aromatic nitrogens is 2. The fraction of sp³-hybridized carbons (Fsp3) is 0.273. The number of aromatic carboxylic acids is 1.